The molecular weight excluding hydrogens is 188 g/mol. The van der Waals surface area contributed by atoms with Crippen LogP contribution in [0.5, 0.6) is 0 Å². The molecule has 0 N–H and O–H groups in total. The molecule has 0 amide bonds. The van der Waals surface area contributed by atoms with Crippen molar-refractivity contribution in [1.82, 2.24) is 0 Å². The van der Waals surface area contributed by atoms with Crippen LogP contribution in [0.25, 0.3) is 6.08 Å². The van der Waals surface area contributed by atoms with Crippen LogP contribution in [0.3, 0.4) is 0 Å². The minimum absolute atomic E-state index is 0.314. The van der Waals surface area contributed by atoms with Crippen LogP contribution in [0, 0.1) is 0 Å². The molecule has 0 aromatic heterocycles. The molecule has 0 unspecified atom stereocenters. The Labute approximate surface area is 81.5 Å². The zero-order valence-corrected chi connectivity index (χ0v) is 7.88. The SMILES string of the molecule is CCc1cccc(/C=C/[B-](F)(F)F)c1. The third-order valence-electron chi connectivity index (χ3n) is 1.87. The fourth-order valence-electron chi connectivity index (χ4n) is 1.14. The van der Waals surface area contributed by atoms with Crippen LogP contribution >= 0.6 is 0 Å². The lowest BCUT2D eigenvalue weighted by Crippen LogP contribution is -2.09. The van der Waals surface area contributed by atoms with Gasteiger partial charge >= 0.3 is 6.98 Å². The lowest BCUT2D eigenvalue weighted by atomic mass is 9.90. The van der Waals surface area contributed by atoms with Crippen molar-refractivity contribution in [3.63, 3.8) is 0 Å². The number of rotatable bonds is 3. The van der Waals surface area contributed by atoms with Gasteiger partial charge in [-0.05, 0) is 17.5 Å². The van der Waals surface area contributed by atoms with Gasteiger partial charge < -0.3 is 12.9 Å². The van der Waals surface area contributed by atoms with Crippen molar-refractivity contribution in [2.24, 2.45) is 0 Å². The molecular formula is C10H11BF3-. The van der Waals surface area contributed by atoms with E-state index in [1.807, 2.05) is 13.0 Å². The second kappa shape index (κ2) is 4.35. The molecule has 0 saturated heterocycles. The molecule has 1 aromatic rings. The van der Waals surface area contributed by atoms with Gasteiger partial charge in [-0.15, -0.1) is 5.98 Å². The first-order chi connectivity index (χ1) is 6.51. The Balaban J connectivity index is 2.82. The number of benzene rings is 1. The first-order valence-corrected chi connectivity index (χ1v) is 4.49. The fraction of sp³-hybridized carbons (Fsp3) is 0.200. The third kappa shape index (κ3) is 3.68. The summed E-state index contributed by atoms with van der Waals surface area (Å²) in [5, 5.41) is 0. The average Bonchev–Trinajstić information content (AvgIpc) is 2.14. The summed E-state index contributed by atoms with van der Waals surface area (Å²) in [5.74, 6) is 0.314. The van der Waals surface area contributed by atoms with E-state index < -0.39 is 6.98 Å². The Morgan fingerprint density at radius 1 is 1.29 bits per heavy atom. The lowest BCUT2D eigenvalue weighted by Gasteiger charge is -2.06. The van der Waals surface area contributed by atoms with Gasteiger partial charge in [0, 0.05) is 0 Å². The predicted molar refractivity (Wildman–Crippen MR) is 53.9 cm³/mol. The standard InChI is InChI=1S/C10H11BF3/c1-2-9-4-3-5-10(8-9)6-7-11(12,13)14/h3-8H,2H2,1H3/q-1/b7-6+. The molecule has 0 atom stereocenters. The molecule has 14 heavy (non-hydrogen) atoms. The number of aryl methyl sites for hydroxylation is 1. The molecule has 0 fully saturated rings. The highest BCUT2D eigenvalue weighted by Crippen LogP contribution is 2.13. The summed E-state index contributed by atoms with van der Waals surface area (Å²) in [5.41, 5.74) is 1.64. The van der Waals surface area contributed by atoms with Gasteiger partial charge in [0.05, 0.1) is 0 Å². The van der Waals surface area contributed by atoms with Crippen LogP contribution < -0.4 is 0 Å². The van der Waals surface area contributed by atoms with Gasteiger partial charge in [0.15, 0.2) is 0 Å². The summed E-state index contributed by atoms with van der Waals surface area (Å²) in [6, 6.07) is 7.09. The van der Waals surface area contributed by atoms with Gasteiger partial charge in [-0.25, -0.2) is 0 Å². The highest BCUT2D eigenvalue weighted by molar-refractivity contribution is 6.64. The second-order valence-corrected chi connectivity index (χ2v) is 3.08. The minimum atomic E-state index is -4.83. The molecule has 1 rings (SSSR count). The topological polar surface area (TPSA) is 0 Å². The molecule has 0 spiro atoms. The maximum Gasteiger partial charge on any atom is 0.502 e. The summed E-state index contributed by atoms with van der Waals surface area (Å²) in [4.78, 5) is 0. The molecule has 1 aromatic carbocycles. The molecule has 0 heterocycles. The zero-order chi connectivity index (χ0) is 10.6. The smallest absolute Gasteiger partial charge is 0.445 e. The van der Waals surface area contributed by atoms with Crippen molar-refractivity contribution in [1.29, 1.82) is 0 Å². The second-order valence-electron chi connectivity index (χ2n) is 3.08. The van der Waals surface area contributed by atoms with Crippen LogP contribution in [0.4, 0.5) is 12.9 Å². The molecule has 4 heteroatoms. The van der Waals surface area contributed by atoms with E-state index in [-0.39, 0.29) is 0 Å². The summed E-state index contributed by atoms with van der Waals surface area (Å²) >= 11 is 0. The minimum Gasteiger partial charge on any atom is -0.445 e. The van der Waals surface area contributed by atoms with Crippen molar-refractivity contribution in [3.8, 4) is 0 Å². The lowest BCUT2D eigenvalue weighted by molar-refractivity contribution is 0.499. The molecule has 0 aliphatic heterocycles. The van der Waals surface area contributed by atoms with Gasteiger partial charge in [-0.3, -0.25) is 0 Å². The Bertz CT molecular complexity index is 328. The van der Waals surface area contributed by atoms with Gasteiger partial charge in [-0.1, -0.05) is 37.3 Å². The molecule has 0 aliphatic rings. The Kier molecular flexibility index (Phi) is 3.39. The maximum absolute atomic E-state index is 11.9. The van der Waals surface area contributed by atoms with Crippen molar-refractivity contribution >= 4 is 13.1 Å². The van der Waals surface area contributed by atoms with Gasteiger partial charge in [0.2, 0.25) is 0 Å². The van der Waals surface area contributed by atoms with E-state index >= 15 is 0 Å². The van der Waals surface area contributed by atoms with E-state index in [1.165, 1.54) is 0 Å². The van der Waals surface area contributed by atoms with Gasteiger partial charge in [0.25, 0.3) is 0 Å². The normalized spacial score (nSPS) is 12.3. The van der Waals surface area contributed by atoms with Crippen LogP contribution in [-0.2, 0) is 6.42 Å². The Hall–Kier alpha value is -1.19. The fourth-order valence-corrected chi connectivity index (χ4v) is 1.14. The molecule has 0 saturated carbocycles. The van der Waals surface area contributed by atoms with E-state index in [9.17, 15) is 12.9 Å². The van der Waals surface area contributed by atoms with Crippen LogP contribution in [0.2, 0.25) is 0 Å². The monoisotopic (exact) mass is 199 g/mol. The van der Waals surface area contributed by atoms with Crippen molar-refractivity contribution in [3.05, 3.63) is 41.4 Å². The van der Waals surface area contributed by atoms with Crippen LogP contribution in [0.1, 0.15) is 18.1 Å². The van der Waals surface area contributed by atoms with E-state index in [4.69, 9.17) is 0 Å². The first kappa shape index (κ1) is 10.9. The summed E-state index contributed by atoms with van der Waals surface area (Å²) < 4.78 is 35.7. The Morgan fingerprint density at radius 2 is 2.00 bits per heavy atom. The molecule has 76 valence electrons. The predicted octanol–water partition coefficient (Wildman–Crippen LogP) is 3.65. The van der Waals surface area contributed by atoms with E-state index in [2.05, 4.69) is 0 Å². The molecule has 0 bridgehead atoms. The van der Waals surface area contributed by atoms with Crippen molar-refractivity contribution < 1.29 is 12.9 Å². The van der Waals surface area contributed by atoms with E-state index in [0.717, 1.165) is 18.1 Å². The first-order valence-electron chi connectivity index (χ1n) is 4.49. The maximum atomic E-state index is 11.9. The van der Waals surface area contributed by atoms with Crippen LogP contribution in [0.15, 0.2) is 30.2 Å². The molecule has 0 radical (unpaired) electrons. The highest BCUT2D eigenvalue weighted by Gasteiger charge is 2.16. The summed E-state index contributed by atoms with van der Waals surface area (Å²) in [6.45, 7) is -2.86. The van der Waals surface area contributed by atoms with Gasteiger partial charge in [-0.2, -0.15) is 0 Å². The summed E-state index contributed by atoms with van der Waals surface area (Å²) in [7, 11) is 0. The largest absolute Gasteiger partial charge is 0.502 e. The Morgan fingerprint density at radius 3 is 2.57 bits per heavy atom. The average molecular weight is 199 g/mol. The number of hydrogen-bond acceptors (Lipinski definition) is 0. The van der Waals surface area contributed by atoms with Crippen molar-refractivity contribution in [2.75, 3.05) is 0 Å². The number of halogens is 3. The van der Waals surface area contributed by atoms with Crippen molar-refractivity contribution in [2.45, 2.75) is 13.3 Å². The van der Waals surface area contributed by atoms with E-state index in [0.29, 0.717) is 11.5 Å². The highest BCUT2D eigenvalue weighted by atomic mass is 19.4. The zero-order valence-electron chi connectivity index (χ0n) is 7.88. The molecule has 0 nitrogen and oxygen atoms in total. The van der Waals surface area contributed by atoms with Crippen LogP contribution in [-0.4, -0.2) is 6.98 Å². The molecule has 0 aliphatic carbocycles. The third-order valence-corrected chi connectivity index (χ3v) is 1.87. The van der Waals surface area contributed by atoms with E-state index in [1.54, 1.807) is 18.2 Å². The summed E-state index contributed by atoms with van der Waals surface area (Å²) in [6.07, 6.45) is 1.94. The van der Waals surface area contributed by atoms with Gasteiger partial charge in [0.1, 0.15) is 0 Å². The quantitative estimate of drug-likeness (QED) is 0.651. The number of hydrogen-bond donors (Lipinski definition) is 0.